The second-order valence-electron chi connectivity index (χ2n) is 9.83. The van der Waals surface area contributed by atoms with Crippen LogP contribution in [0.4, 0.5) is 24.7 Å². The van der Waals surface area contributed by atoms with Crippen LogP contribution in [0.1, 0.15) is 28.4 Å². The fourth-order valence-electron chi connectivity index (χ4n) is 4.69. The zero-order valence-electron chi connectivity index (χ0n) is 22.7. The summed E-state index contributed by atoms with van der Waals surface area (Å²) in [5.74, 6) is 0.681. The van der Waals surface area contributed by atoms with E-state index in [0.29, 0.717) is 47.8 Å². The predicted octanol–water partition coefficient (Wildman–Crippen LogP) is 5.75. The summed E-state index contributed by atoms with van der Waals surface area (Å²) >= 11 is 0. The molecule has 3 aromatic carbocycles. The first-order valence-corrected chi connectivity index (χ1v) is 13.1. The van der Waals surface area contributed by atoms with E-state index in [-0.39, 0.29) is 44.2 Å². The van der Waals surface area contributed by atoms with Crippen molar-refractivity contribution in [3.63, 3.8) is 0 Å². The summed E-state index contributed by atoms with van der Waals surface area (Å²) in [6.07, 6.45) is -4.36. The van der Waals surface area contributed by atoms with E-state index in [1.807, 2.05) is 19.1 Å². The third-order valence-corrected chi connectivity index (χ3v) is 6.88. The van der Waals surface area contributed by atoms with Crippen molar-refractivity contribution in [3.05, 3.63) is 83.4 Å². The lowest BCUT2D eigenvalue weighted by molar-refractivity contribution is -0.137. The Morgan fingerprint density at radius 2 is 1.81 bits per heavy atom. The lowest BCUT2D eigenvalue weighted by Gasteiger charge is -2.38. The van der Waals surface area contributed by atoms with Crippen molar-refractivity contribution in [2.75, 3.05) is 43.1 Å². The number of carbonyl (C=O) groups excluding carboxylic acids is 1. The summed E-state index contributed by atoms with van der Waals surface area (Å²) in [5.41, 5.74) is 2.10. The number of fused-ring (bicyclic) bond motifs is 1. The minimum atomic E-state index is -4.36. The van der Waals surface area contributed by atoms with Gasteiger partial charge in [0.2, 0.25) is 0 Å². The number of hydroxylamine groups is 2. The van der Waals surface area contributed by atoms with Gasteiger partial charge in [0, 0.05) is 48.4 Å². The van der Waals surface area contributed by atoms with Gasteiger partial charge in [0.25, 0.3) is 5.91 Å². The molecule has 5 rings (SSSR count). The molecule has 0 spiro atoms. The summed E-state index contributed by atoms with van der Waals surface area (Å²) < 4.78 is 49.2. The smallest absolute Gasteiger partial charge is 0.416 e. The predicted molar refractivity (Wildman–Crippen MR) is 154 cm³/mol. The normalized spacial score (nSPS) is 15.8. The minimum Gasteiger partial charge on any atom is -0.491 e. The molecule has 42 heavy (non-hydrogen) atoms. The molecule has 1 aromatic heterocycles. The average molecular weight is 606 g/mol. The summed E-state index contributed by atoms with van der Waals surface area (Å²) in [5, 5.41) is 21.7. The number of nitrogens with zero attached hydrogens (tertiary/aromatic N) is 3. The molecule has 1 amide bonds. The number of ether oxygens (including phenoxy) is 2. The molecule has 0 saturated carbocycles. The van der Waals surface area contributed by atoms with Gasteiger partial charge in [0.1, 0.15) is 12.4 Å². The van der Waals surface area contributed by atoms with E-state index in [9.17, 15) is 23.2 Å². The van der Waals surface area contributed by atoms with E-state index in [1.165, 1.54) is 17.2 Å². The highest BCUT2D eigenvalue weighted by Crippen LogP contribution is 2.29. The number of alkyl halides is 3. The molecule has 1 fully saturated rings. The first-order valence-electron chi connectivity index (χ1n) is 13.1. The third-order valence-electron chi connectivity index (χ3n) is 6.88. The number of aromatic nitrogens is 2. The van der Waals surface area contributed by atoms with E-state index in [0.717, 1.165) is 23.2 Å². The van der Waals surface area contributed by atoms with E-state index in [2.05, 4.69) is 20.4 Å². The zero-order valence-corrected chi connectivity index (χ0v) is 23.5. The van der Waals surface area contributed by atoms with Gasteiger partial charge < -0.3 is 24.9 Å². The minimum absolute atomic E-state index is 0. The number of carbonyl (C=O) groups is 1. The number of benzene rings is 3. The van der Waals surface area contributed by atoms with Gasteiger partial charge >= 0.3 is 6.18 Å². The molecular weight excluding hydrogens is 575 g/mol. The number of rotatable bonds is 9. The van der Waals surface area contributed by atoms with Crippen molar-refractivity contribution in [2.24, 2.45) is 0 Å². The van der Waals surface area contributed by atoms with Crippen molar-refractivity contribution < 1.29 is 32.6 Å². The number of piperazine rings is 1. The van der Waals surface area contributed by atoms with E-state index < -0.39 is 11.7 Å². The number of halogens is 4. The molecule has 9 nitrogen and oxygen atoms in total. The molecule has 0 radical (unpaired) electrons. The van der Waals surface area contributed by atoms with Crippen LogP contribution in [0.25, 0.3) is 10.9 Å². The van der Waals surface area contributed by atoms with Gasteiger partial charge in [-0.05, 0) is 61.0 Å². The Kier molecular flexibility index (Phi) is 9.94. The van der Waals surface area contributed by atoms with Crippen LogP contribution < -0.4 is 15.0 Å². The summed E-state index contributed by atoms with van der Waals surface area (Å²) in [6.45, 7) is 4.53. The van der Waals surface area contributed by atoms with Crippen LogP contribution in [-0.4, -0.2) is 65.3 Å². The molecule has 2 heterocycles. The van der Waals surface area contributed by atoms with Crippen LogP contribution in [0.15, 0.2) is 66.7 Å². The molecule has 13 heteroatoms. The molecule has 0 aliphatic carbocycles. The van der Waals surface area contributed by atoms with E-state index in [1.54, 1.807) is 30.3 Å². The Hall–Kier alpha value is -3.84. The van der Waals surface area contributed by atoms with E-state index >= 15 is 0 Å². The number of amides is 1. The topological polar surface area (TPSA) is 103 Å². The van der Waals surface area contributed by atoms with Crippen molar-refractivity contribution in [1.82, 2.24) is 15.3 Å². The molecule has 3 N–H and O–H groups in total. The number of hydrogen-bond donors (Lipinski definition) is 3. The maximum absolute atomic E-state index is 12.9. The lowest BCUT2D eigenvalue weighted by Crippen LogP contribution is -2.50. The highest BCUT2D eigenvalue weighted by Gasteiger charge is 2.30. The standard InChI is InChI=1S/C29H30F3N5O4.ClH/c1-19-17-36(39)12-13-37(19)23-8-4-21(5-9-23)28(38)33-27-25-11-10-24(16-26(25)34-35-27)41-15-14-40-18-20-2-6-22(7-3-20)29(30,31)32;/h2-11,16,19,39H,12-15,17-18H2,1H3,(H2,33,34,35,38);1H. The number of anilines is 2. The molecule has 1 saturated heterocycles. The maximum Gasteiger partial charge on any atom is 0.416 e. The van der Waals surface area contributed by atoms with Crippen LogP contribution >= 0.6 is 12.4 Å². The van der Waals surface area contributed by atoms with Gasteiger partial charge in [-0.2, -0.15) is 23.3 Å². The van der Waals surface area contributed by atoms with Gasteiger partial charge in [0.05, 0.1) is 24.3 Å². The molecule has 1 aliphatic rings. The van der Waals surface area contributed by atoms with Crippen LogP contribution in [0, 0.1) is 0 Å². The van der Waals surface area contributed by atoms with Gasteiger partial charge in [-0.25, -0.2) is 0 Å². The molecule has 1 unspecified atom stereocenters. The number of aromatic amines is 1. The number of hydrogen-bond acceptors (Lipinski definition) is 7. The largest absolute Gasteiger partial charge is 0.491 e. The Balaban J connectivity index is 0.00000405. The van der Waals surface area contributed by atoms with Crippen molar-refractivity contribution in [3.8, 4) is 5.75 Å². The van der Waals surface area contributed by atoms with Crippen molar-refractivity contribution in [2.45, 2.75) is 25.7 Å². The van der Waals surface area contributed by atoms with Crippen LogP contribution in [0.2, 0.25) is 0 Å². The molecule has 0 bridgehead atoms. The fourth-order valence-corrected chi connectivity index (χ4v) is 4.69. The third kappa shape index (κ3) is 7.51. The van der Waals surface area contributed by atoms with Crippen LogP contribution in [0.3, 0.4) is 0 Å². The zero-order chi connectivity index (χ0) is 29.0. The molecule has 1 atom stereocenters. The van der Waals surface area contributed by atoms with Gasteiger partial charge in [-0.15, -0.1) is 12.4 Å². The number of nitrogens with one attached hydrogen (secondary N) is 2. The first-order chi connectivity index (χ1) is 19.7. The van der Waals surface area contributed by atoms with Gasteiger partial charge in [-0.3, -0.25) is 9.89 Å². The first kappa shape index (κ1) is 31.1. The highest BCUT2D eigenvalue weighted by molar-refractivity contribution is 6.08. The number of H-pyrrole nitrogens is 1. The van der Waals surface area contributed by atoms with E-state index in [4.69, 9.17) is 9.47 Å². The van der Waals surface area contributed by atoms with Crippen molar-refractivity contribution in [1.29, 1.82) is 0 Å². The van der Waals surface area contributed by atoms with Crippen LogP contribution in [-0.2, 0) is 17.5 Å². The summed E-state index contributed by atoms with van der Waals surface area (Å²) in [4.78, 5) is 15.1. The monoisotopic (exact) mass is 605 g/mol. The maximum atomic E-state index is 12.9. The summed E-state index contributed by atoms with van der Waals surface area (Å²) in [7, 11) is 0. The molecule has 4 aromatic rings. The summed E-state index contributed by atoms with van der Waals surface area (Å²) in [6, 6.07) is 17.6. The molecule has 224 valence electrons. The molecular formula is C29H31ClF3N5O4. The Labute approximate surface area is 246 Å². The van der Waals surface area contributed by atoms with Crippen LogP contribution in [0.5, 0.6) is 5.75 Å². The average Bonchev–Trinajstić information content (AvgIpc) is 3.34. The molecule has 1 aliphatic heterocycles. The van der Waals surface area contributed by atoms with Gasteiger partial charge in [-0.1, -0.05) is 12.1 Å². The second kappa shape index (κ2) is 13.4. The SMILES string of the molecule is CC1CN(O)CCN1c1ccc(C(=O)Nc2n[nH]c3cc(OCCOCc4ccc(C(F)(F)F)cc4)ccc23)cc1.Cl. The fraction of sp³-hybridized carbons (Fsp3) is 0.310. The quantitative estimate of drug-likeness (QED) is 0.209. The Morgan fingerprint density at radius 3 is 2.50 bits per heavy atom. The lowest BCUT2D eigenvalue weighted by atomic mass is 10.1. The Bertz CT molecular complexity index is 1480. The van der Waals surface area contributed by atoms with Crippen molar-refractivity contribution >= 4 is 40.7 Å². The second-order valence-corrected chi connectivity index (χ2v) is 9.83. The Morgan fingerprint density at radius 1 is 1.07 bits per heavy atom. The highest BCUT2D eigenvalue weighted by atomic mass is 35.5. The van der Waals surface area contributed by atoms with Gasteiger partial charge in [0.15, 0.2) is 5.82 Å².